The van der Waals surface area contributed by atoms with Gasteiger partial charge in [0.2, 0.25) is 0 Å². The molecule has 19 heteroatoms. The third-order valence-corrected chi connectivity index (χ3v) is 18.6. The smallest absolute Gasteiger partial charge is 0.462 e. The number of aliphatic hydroxyl groups is 1. The van der Waals surface area contributed by atoms with Gasteiger partial charge in [0, 0.05) is 25.7 Å². The van der Waals surface area contributed by atoms with Crippen molar-refractivity contribution in [1.82, 2.24) is 0 Å². The van der Waals surface area contributed by atoms with Crippen molar-refractivity contribution in [3.05, 3.63) is 170 Å². The molecular weight excluding hydrogens is 1400 g/mol. The molecule has 0 fully saturated rings. The van der Waals surface area contributed by atoms with Crippen LogP contribution in [0.5, 0.6) is 0 Å². The van der Waals surface area contributed by atoms with Crippen LogP contribution in [0.1, 0.15) is 310 Å². The fourth-order valence-corrected chi connectivity index (χ4v) is 12.1. The highest BCUT2D eigenvalue weighted by molar-refractivity contribution is 7.47. The van der Waals surface area contributed by atoms with E-state index in [1.807, 2.05) is 36.5 Å². The van der Waals surface area contributed by atoms with E-state index in [2.05, 4.69) is 161 Å². The van der Waals surface area contributed by atoms with Gasteiger partial charge in [-0.3, -0.25) is 37.3 Å². The third-order valence-electron chi connectivity index (χ3n) is 16.7. The molecule has 3 N–H and O–H groups in total. The fraction of sp³-hybridized carbons (Fsp3) is 0.640. The lowest BCUT2D eigenvalue weighted by atomic mass is 10.0. The van der Waals surface area contributed by atoms with Gasteiger partial charge in [0.05, 0.1) is 26.4 Å². The highest BCUT2D eigenvalue weighted by Crippen LogP contribution is 2.45. The monoisotopic (exact) mass is 1550 g/mol. The van der Waals surface area contributed by atoms with Crippen LogP contribution < -0.4 is 0 Å². The quantitative estimate of drug-likeness (QED) is 0.0169. The SMILES string of the molecule is CC/C=C\C/C=C\C/C=C\C/C=C\C/C=C\C/C=C\CCC(=O)OCC(COP(=O)(O)OCC(O)COP(=O)(O)OCC(COC(=O)CCCCCCC/C=C\C/C=C\CCCCC)OC(=O)CCCCCCCCCCCCCCCCC)OC(=O)CC/C=C\C/C=C\C/C=C\C/C=C\C/C=C\C/C=C\CC. The summed E-state index contributed by atoms with van der Waals surface area (Å²) < 4.78 is 68.5. The van der Waals surface area contributed by atoms with Gasteiger partial charge in [0.25, 0.3) is 0 Å². The summed E-state index contributed by atoms with van der Waals surface area (Å²) >= 11 is 0. The summed E-state index contributed by atoms with van der Waals surface area (Å²) in [6.07, 6.45) is 95.0. The number of ether oxygens (including phenoxy) is 4. The fourth-order valence-electron chi connectivity index (χ4n) is 10.5. The molecule has 108 heavy (non-hydrogen) atoms. The zero-order valence-corrected chi connectivity index (χ0v) is 69.0. The molecule has 0 bridgehead atoms. The van der Waals surface area contributed by atoms with Crippen LogP contribution >= 0.6 is 15.6 Å². The van der Waals surface area contributed by atoms with Gasteiger partial charge in [-0.2, -0.15) is 0 Å². The van der Waals surface area contributed by atoms with E-state index in [0.717, 1.165) is 135 Å². The van der Waals surface area contributed by atoms with Crippen molar-refractivity contribution in [2.24, 2.45) is 0 Å². The Hall–Kier alpha value is -5.58. The number of phosphoric acid groups is 2. The van der Waals surface area contributed by atoms with Gasteiger partial charge < -0.3 is 33.8 Å². The lowest BCUT2D eigenvalue weighted by Crippen LogP contribution is -2.30. The van der Waals surface area contributed by atoms with E-state index in [1.165, 1.54) is 83.5 Å². The Balaban J connectivity index is 5.53. The molecule has 5 atom stereocenters. The Morgan fingerprint density at radius 1 is 0.269 bits per heavy atom. The number of aliphatic hydroxyl groups excluding tert-OH is 1. The van der Waals surface area contributed by atoms with Crippen molar-refractivity contribution >= 4 is 39.5 Å². The molecule has 0 saturated carbocycles. The maximum absolute atomic E-state index is 13.1. The van der Waals surface area contributed by atoms with Gasteiger partial charge in [0.1, 0.15) is 19.3 Å². The van der Waals surface area contributed by atoms with Crippen molar-refractivity contribution in [2.45, 2.75) is 329 Å². The zero-order chi connectivity index (χ0) is 78.9. The topological polar surface area (TPSA) is 237 Å². The molecule has 614 valence electrons. The Morgan fingerprint density at radius 3 is 0.833 bits per heavy atom. The van der Waals surface area contributed by atoms with Crippen molar-refractivity contribution < 1.29 is 80.2 Å². The van der Waals surface area contributed by atoms with Gasteiger partial charge in [-0.15, -0.1) is 0 Å². The number of carbonyl (C=O) groups is 4. The Kier molecular flexibility index (Phi) is 75.4. The second-order valence-corrected chi connectivity index (χ2v) is 29.9. The van der Waals surface area contributed by atoms with E-state index in [-0.39, 0.29) is 25.7 Å². The summed E-state index contributed by atoms with van der Waals surface area (Å²) in [5, 5.41) is 10.7. The molecule has 0 heterocycles. The van der Waals surface area contributed by atoms with Crippen molar-refractivity contribution in [3.63, 3.8) is 0 Å². The van der Waals surface area contributed by atoms with E-state index in [9.17, 15) is 43.2 Å². The highest BCUT2D eigenvalue weighted by Gasteiger charge is 2.30. The molecule has 0 radical (unpaired) electrons. The number of esters is 4. The number of hydrogen-bond acceptors (Lipinski definition) is 15. The number of unbranched alkanes of at least 4 members (excludes halogenated alkanes) is 22. The van der Waals surface area contributed by atoms with Crippen molar-refractivity contribution in [1.29, 1.82) is 0 Å². The average molecular weight is 1550 g/mol. The number of allylic oxidation sites excluding steroid dienone is 28. The molecule has 17 nitrogen and oxygen atoms in total. The molecule has 0 aromatic rings. The maximum atomic E-state index is 13.1. The predicted octanol–water partition coefficient (Wildman–Crippen LogP) is 24.6. The van der Waals surface area contributed by atoms with E-state index >= 15 is 0 Å². The largest absolute Gasteiger partial charge is 0.472 e. The lowest BCUT2D eigenvalue weighted by molar-refractivity contribution is -0.161. The van der Waals surface area contributed by atoms with Crippen LogP contribution in [0.4, 0.5) is 0 Å². The summed E-state index contributed by atoms with van der Waals surface area (Å²) in [5.41, 5.74) is 0. The first-order valence-electron chi connectivity index (χ1n) is 41.4. The molecule has 0 saturated heterocycles. The van der Waals surface area contributed by atoms with E-state index in [4.69, 9.17) is 37.0 Å². The minimum atomic E-state index is -5.02. The molecule has 0 aliphatic carbocycles. The summed E-state index contributed by atoms with van der Waals surface area (Å²) in [7, 11) is -10.0. The number of phosphoric ester groups is 2. The summed E-state index contributed by atoms with van der Waals surface area (Å²) in [4.78, 5) is 73.1. The van der Waals surface area contributed by atoms with E-state index in [0.29, 0.717) is 38.5 Å². The lowest BCUT2D eigenvalue weighted by Gasteiger charge is -2.21. The highest BCUT2D eigenvalue weighted by atomic mass is 31.2. The minimum Gasteiger partial charge on any atom is -0.462 e. The molecule has 0 aromatic heterocycles. The van der Waals surface area contributed by atoms with E-state index < -0.39 is 97.5 Å². The maximum Gasteiger partial charge on any atom is 0.472 e. The molecule has 5 unspecified atom stereocenters. The molecule has 0 aliphatic heterocycles. The van der Waals surface area contributed by atoms with Crippen LogP contribution in [-0.4, -0.2) is 96.7 Å². The predicted molar refractivity (Wildman–Crippen MR) is 445 cm³/mol. The average Bonchev–Trinajstić information content (AvgIpc) is 0.896. The van der Waals surface area contributed by atoms with Gasteiger partial charge >= 0.3 is 39.5 Å². The number of carbonyl (C=O) groups excluding carboxylic acids is 4. The molecule has 0 aliphatic rings. The Morgan fingerprint density at radius 2 is 0.500 bits per heavy atom. The second-order valence-electron chi connectivity index (χ2n) is 27.0. The number of rotatable bonds is 76. The van der Waals surface area contributed by atoms with Crippen LogP contribution in [0.25, 0.3) is 0 Å². The van der Waals surface area contributed by atoms with Crippen LogP contribution in [0.3, 0.4) is 0 Å². The first kappa shape index (κ1) is 102. The van der Waals surface area contributed by atoms with Crippen molar-refractivity contribution in [3.8, 4) is 0 Å². The molecule has 0 amide bonds. The number of hydrogen-bond donors (Lipinski definition) is 3. The Bertz CT molecular complexity index is 2710. The van der Waals surface area contributed by atoms with Gasteiger partial charge in [-0.05, 0) is 135 Å². The van der Waals surface area contributed by atoms with Gasteiger partial charge in [-0.1, -0.05) is 320 Å². The second kappa shape index (κ2) is 79.5. The van der Waals surface area contributed by atoms with Crippen LogP contribution in [0.2, 0.25) is 0 Å². The Labute approximate surface area is 654 Å². The summed E-state index contributed by atoms with van der Waals surface area (Å²) in [5.74, 6) is -2.39. The molecule has 0 rings (SSSR count). The summed E-state index contributed by atoms with van der Waals surface area (Å²) in [6.45, 7) is 4.45. The van der Waals surface area contributed by atoms with Crippen molar-refractivity contribution in [2.75, 3.05) is 39.6 Å². The van der Waals surface area contributed by atoms with Crippen LogP contribution in [0.15, 0.2) is 170 Å². The zero-order valence-electron chi connectivity index (χ0n) is 67.2. The molecular formula is C89H146O17P2. The van der Waals surface area contributed by atoms with Gasteiger partial charge in [-0.25, -0.2) is 9.13 Å². The first-order valence-corrected chi connectivity index (χ1v) is 44.4. The van der Waals surface area contributed by atoms with Gasteiger partial charge in [0.15, 0.2) is 12.2 Å². The van der Waals surface area contributed by atoms with Crippen LogP contribution in [0, 0.1) is 0 Å². The molecule has 0 aromatic carbocycles. The third kappa shape index (κ3) is 78.5. The van der Waals surface area contributed by atoms with E-state index in [1.54, 1.807) is 0 Å². The first-order chi connectivity index (χ1) is 52.7. The van der Waals surface area contributed by atoms with Crippen LogP contribution in [-0.2, 0) is 65.4 Å². The molecule has 0 spiro atoms. The normalized spacial score (nSPS) is 14.7. The summed E-state index contributed by atoms with van der Waals surface area (Å²) in [6, 6.07) is 0. The standard InChI is InChI=1S/C89H146O17P2/c1-5-9-13-17-21-25-29-33-37-39-41-43-47-50-54-58-62-66-70-74-87(92)100-80-85(106-89(94)76-72-68-64-60-56-52-48-44-42-40-38-34-30-26-22-18-14-10-6-2)82-104-108(97,98)102-78-83(90)77-101-107(95,96)103-81-84(105-88(93)75-71-67-63-59-55-51-46-36-32-28-24-20-16-12-8-4)79-99-86(91)73-69-65-61-57-53-49-45-35-31-27-23-19-15-11-7-3/h9-10,13-14,21-23,25-27,33-35,37-38,41-45,50,52,54,56,62,64,66,68,83-85,90H,5-8,11-12,15-20,24,28-32,36,39-40,46-49,51,53,55,57-61,63,65,67,69-82H2,1-4H3,(H,95,96)(H,97,98)/b13-9-,14-10-,25-21-,26-22-,27-23-,37-33-,38-34-,43-41-,44-42-,45-35-,54-50-,56-52-,66-62-,68-64-. The minimum absolute atomic E-state index is 0.0141.